The van der Waals surface area contributed by atoms with Crippen molar-refractivity contribution in [1.29, 1.82) is 0 Å². The van der Waals surface area contributed by atoms with E-state index in [0.717, 1.165) is 27.9 Å². The van der Waals surface area contributed by atoms with Crippen LogP contribution in [0.5, 0.6) is 0 Å². The molecule has 1 N–H and O–H groups in total. The van der Waals surface area contributed by atoms with Crippen molar-refractivity contribution < 1.29 is 14.3 Å². The van der Waals surface area contributed by atoms with Crippen LogP contribution in [0.1, 0.15) is 16.7 Å². The molecule has 26 heavy (non-hydrogen) atoms. The minimum Gasteiger partial charge on any atom is -0.454 e. The zero-order chi connectivity index (χ0) is 18.7. The molecular formula is C19H20N4O3. The summed E-state index contributed by atoms with van der Waals surface area (Å²) in [6.07, 6.45) is 0. The van der Waals surface area contributed by atoms with E-state index in [1.54, 1.807) is 0 Å². The number of ether oxygens (including phenoxy) is 1. The molecule has 2 aromatic carbocycles. The predicted molar refractivity (Wildman–Crippen MR) is 97.8 cm³/mol. The van der Waals surface area contributed by atoms with E-state index in [1.807, 2.05) is 57.2 Å². The number of hydrogen-bond acceptors (Lipinski definition) is 5. The number of anilines is 1. The number of nitrogens with one attached hydrogen (secondary N) is 1. The Balaban J connectivity index is 1.57. The third-order valence-electron chi connectivity index (χ3n) is 4.00. The zero-order valence-electron chi connectivity index (χ0n) is 14.9. The molecule has 0 bridgehead atoms. The maximum atomic E-state index is 12.1. The lowest BCUT2D eigenvalue weighted by atomic mass is 10.1. The van der Waals surface area contributed by atoms with Gasteiger partial charge in [-0.15, -0.1) is 5.10 Å². The number of carbonyl (C=O) groups excluding carboxylic acids is 2. The fourth-order valence-electron chi connectivity index (χ4n) is 2.90. The van der Waals surface area contributed by atoms with Gasteiger partial charge in [0, 0.05) is 5.69 Å². The van der Waals surface area contributed by atoms with Gasteiger partial charge in [0.2, 0.25) is 0 Å². The van der Waals surface area contributed by atoms with Crippen LogP contribution in [0.4, 0.5) is 5.69 Å². The first-order valence-corrected chi connectivity index (χ1v) is 8.25. The van der Waals surface area contributed by atoms with Gasteiger partial charge in [-0.1, -0.05) is 35.0 Å². The molecule has 134 valence electrons. The van der Waals surface area contributed by atoms with Gasteiger partial charge in [-0.2, -0.15) is 0 Å². The van der Waals surface area contributed by atoms with Gasteiger partial charge in [0.15, 0.2) is 6.61 Å². The molecule has 1 heterocycles. The van der Waals surface area contributed by atoms with E-state index in [4.69, 9.17) is 4.74 Å². The van der Waals surface area contributed by atoms with E-state index >= 15 is 0 Å². The number of aryl methyl sites for hydroxylation is 3. The third-order valence-corrected chi connectivity index (χ3v) is 4.00. The van der Waals surface area contributed by atoms with Gasteiger partial charge in [0.25, 0.3) is 5.91 Å². The van der Waals surface area contributed by atoms with Crippen LogP contribution in [0.15, 0.2) is 36.4 Å². The lowest BCUT2D eigenvalue weighted by molar-refractivity contribution is -0.148. The standard InChI is InChI=1S/C19H20N4O3/c1-12-8-13(2)19(14(3)9-12)20-17(24)11-26-18(25)10-23-16-7-5-4-6-15(16)21-22-23/h4-9H,10-11H2,1-3H3,(H,20,24). The van der Waals surface area contributed by atoms with Crippen LogP contribution in [-0.4, -0.2) is 33.5 Å². The Hall–Kier alpha value is -3.22. The SMILES string of the molecule is Cc1cc(C)c(NC(=O)COC(=O)Cn2nnc3ccccc32)c(C)c1. The van der Waals surface area contributed by atoms with Crippen molar-refractivity contribution in [2.75, 3.05) is 11.9 Å². The summed E-state index contributed by atoms with van der Waals surface area (Å²) >= 11 is 0. The molecule has 0 saturated heterocycles. The molecule has 7 nitrogen and oxygen atoms in total. The minimum absolute atomic E-state index is 0.101. The first kappa shape index (κ1) is 17.6. The number of carbonyl (C=O) groups is 2. The largest absolute Gasteiger partial charge is 0.454 e. The van der Waals surface area contributed by atoms with Crippen molar-refractivity contribution in [3.8, 4) is 0 Å². The molecule has 7 heteroatoms. The molecule has 3 aromatic rings. The zero-order valence-corrected chi connectivity index (χ0v) is 14.9. The fraction of sp³-hybridized carbons (Fsp3) is 0.263. The quantitative estimate of drug-likeness (QED) is 0.713. The van der Waals surface area contributed by atoms with E-state index in [2.05, 4.69) is 15.6 Å². The van der Waals surface area contributed by atoms with E-state index in [9.17, 15) is 9.59 Å². The van der Waals surface area contributed by atoms with Gasteiger partial charge in [0.1, 0.15) is 12.1 Å². The van der Waals surface area contributed by atoms with Crippen LogP contribution in [0.2, 0.25) is 0 Å². The molecule has 1 amide bonds. The summed E-state index contributed by atoms with van der Waals surface area (Å²) in [6.45, 7) is 5.41. The lowest BCUT2D eigenvalue weighted by Gasteiger charge is -2.13. The molecule has 0 unspecified atom stereocenters. The topological polar surface area (TPSA) is 86.1 Å². The van der Waals surface area contributed by atoms with Crippen LogP contribution < -0.4 is 5.32 Å². The molecular weight excluding hydrogens is 332 g/mol. The third kappa shape index (κ3) is 3.88. The Morgan fingerprint density at radius 2 is 1.81 bits per heavy atom. The Bertz CT molecular complexity index is 955. The second kappa shape index (κ2) is 7.35. The molecule has 0 aliphatic heterocycles. The van der Waals surface area contributed by atoms with Crippen LogP contribution in [0.25, 0.3) is 11.0 Å². The molecule has 0 atom stereocenters. The first-order chi connectivity index (χ1) is 12.4. The van der Waals surface area contributed by atoms with Crippen LogP contribution in [0.3, 0.4) is 0 Å². The average Bonchev–Trinajstić information content (AvgIpc) is 2.99. The van der Waals surface area contributed by atoms with Gasteiger partial charge in [0.05, 0.1) is 5.52 Å². The molecule has 0 radical (unpaired) electrons. The van der Waals surface area contributed by atoms with Crippen molar-refractivity contribution in [3.05, 3.63) is 53.1 Å². The highest BCUT2D eigenvalue weighted by Gasteiger charge is 2.13. The molecule has 3 rings (SSSR count). The highest BCUT2D eigenvalue weighted by atomic mass is 16.5. The number of benzene rings is 2. The summed E-state index contributed by atoms with van der Waals surface area (Å²) in [7, 11) is 0. The minimum atomic E-state index is -0.548. The predicted octanol–water partition coefficient (Wildman–Crippen LogP) is 2.54. The lowest BCUT2D eigenvalue weighted by Crippen LogP contribution is -2.24. The summed E-state index contributed by atoms with van der Waals surface area (Å²) in [4.78, 5) is 24.1. The number of aromatic nitrogens is 3. The molecule has 1 aromatic heterocycles. The van der Waals surface area contributed by atoms with Crippen molar-refractivity contribution in [1.82, 2.24) is 15.0 Å². The Morgan fingerprint density at radius 1 is 1.12 bits per heavy atom. The Morgan fingerprint density at radius 3 is 2.54 bits per heavy atom. The maximum absolute atomic E-state index is 12.1. The second-order valence-electron chi connectivity index (χ2n) is 6.22. The van der Waals surface area contributed by atoms with E-state index < -0.39 is 5.97 Å². The molecule has 0 fully saturated rings. The highest BCUT2D eigenvalue weighted by molar-refractivity contribution is 5.94. The first-order valence-electron chi connectivity index (χ1n) is 8.25. The number of amides is 1. The van der Waals surface area contributed by atoms with Crippen LogP contribution >= 0.6 is 0 Å². The number of esters is 1. The van der Waals surface area contributed by atoms with Crippen LogP contribution in [-0.2, 0) is 20.9 Å². The number of para-hydroxylation sites is 1. The Labute approximate surface area is 151 Å². The average molecular weight is 352 g/mol. The Kier molecular flexibility index (Phi) is 4.97. The highest BCUT2D eigenvalue weighted by Crippen LogP contribution is 2.21. The number of fused-ring (bicyclic) bond motifs is 1. The number of hydrogen-bond donors (Lipinski definition) is 1. The van der Waals surface area contributed by atoms with Crippen molar-refractivity contribution in [2.24, 2.45) is 0 Å². The monoisotopic (exact) mass is 352 g/mol. The molecule has 0 aliphatic rings. The summed E-state index contributed by atoms with van der Waals surface area (Å²) in [5, 5.41) is 10.7. The van der Waals surface area contributed by atoms with Crippen molar-refractivity contribution >= 4 is 28.6 Å². The van der Waals surface area contributed by atoms with E-state index in [1.165, 1.54) is 4.68 Å². The van der Waals surface area contributed by atoms with Gasteiger partial charge in [-0.3, -0.25) is 9.59 Å². The maximum Gasteiger partial charge on any atom is 0.328 e. The normalized spacial score (nSPS) is 10.7. The fourth-order valence-corrected chi connectivity index (χ4v) is 2.90. The summed E-state index contributed by atoms with van der Waals surface area (Å²) in [6, 6.07) is 11.3. The van der Waals surface area contributed by atoms with Crippen molar-refractivity contribution in [2.45, 2.75) is 27.3 Å². The van der Waals surface area contributed by atoms with Gasteiger partial charge < -0.3 is 10.1 Å². The summed E-state index contributed by atoms with van der Waals surface area (Å²) in [5.41, 5.74) is 5.25. The summed E-state index contributed by atoms with van der Waals surface area (Å²) in [5.74, 6) is -0.926. The molecule has 0 spiro atoms. The van der Waals surface area contributed by atoms with Crippen LogP contribution in [0, 0.1) is 20.8 Å². The number of rotatable bonds is 5. The van der Waals surface area contributed by atoms with Gasteiger partial charge in [-0.25, -0.2) is 4.68 Å². The number of nitrogens with zero attached hydrogens (tertiary/aromatic N) is 3. The van der Waals surface area contributed by atoms with Gasteiger partial charge >= 0.3 is 5.97 Å². The summed E-state index contributed by atoms with van der Waals surface area (Å²) < 4.78 is 6.51. The van der Waals surface area contributed by atoms with E-state index in [0.29, 0.717) is 5.52 Å². The smallest absolute Gasteiger partial charge is 0.328 e. The van der Waals surface area contributed by atoms with Gasteiger partial charge in [-0.05, 0) is 44.0 Å². The van der Waals surface area contributed by atoms with E-state index in [-0.39, 0.29) is 19.1 Å². The molecule has 0 aliphatic carbocycles. The molecule has 0 saturated carbocycles. The second-order valence-corrected chi connectivity index (χ2v) is 6.22. The van der Waals surface area contributed by atoms with Crippen molar-refractivity contribution in [3.63, 3.8) is 0 Å².